The SMILES string of the molecule is CNCc1sc(S(=O)(=O)N2CC(C)OC(C)C2)cc1C. The number of morpholine rings is 1. The predicted octanol–water partition coefficient (Wildman–Crippen LogP) is 1.57. The van der Waals surface area contributed by atoms with Crippen molar-refractivity contribution in [3.63, 3.8) is 0 Å². The molecule has 1 fully saturated rings. The number of nitrogens with zero attached hydrogens (tertiary/aromatic N) is 1. The summed E-state index contributed by atoms with van der Waals surface area (Å²) in [6.45, 7) is 7.30. The summed E-state index contributed by atoms with van der Waals surface area (Å²) in [5, 5.41) is 3.07. The molecule has 1 saturated heterocycles. The van der Waals surface area contributed by atoms with E-state index in [1.807, 2.05) is 27.8 Å². The Morgan fingerprint density at radius 1 is 1.40 bits per heavy atom. The third-order valence-electron chi connectivity index (χ3n) is 3.32. The number of sulfonamides is 1. The molecule has 0 aliphatic carbocycles. The topological polar surface area (TPSA) is 58.6 Å². The Morgan fingerprint density at radius 2 is 2.00 bits per heavy atom. The van der Waals surface area contributed by atoms with Crippen LogP contribution in [-0.4, -0.2) is 45.1 Å². The quantitative estimate of drug-likeness (QED) is 0.915. The van der Waals surface area contributed by atoms with Crippen molar-refractivity contribution in [1.29, 1.82) is 0 Å². The van der Waals surface area contributed by atoms with Gasteiger partial charge in [-0.25, -0.2) is 8.42 Å². The first-order valence-corrected chi connectivity index (χ1v) is 8.99. The molecule has 2 rings (SSSR count). The summed E-state index contributed by atoms with van der Waals surface area (Å²) in [4.78, 5) is 1.07. The summed E-state index contributed by atoms with van der Waals surface area (Å²) >= 11 is 1.35. The molecule has 1 aromatic rings. The minimum atomic E-state index is -3.40. The summed E-state index contributed by atoms with van der Waals surface area (Å²) in [7, 11) is -1.54. The third-order valence-corrected chi connectivity index (χ3v) is 6.83. The smallest absolute Gasteiger partial charge is 0.252 e. The van der Waals surface area contributed by atoms with Crippen molar-refractivity contribution < 1.29 is 13.2 Å². The van der Waals surface area contributed by atoms with Crippen LogP contribution in [0.2, 0.25) is 0 Å². The number of aryl methyl sites for hydroxylation is 1. The highest BCUT2D eigenvalue weighted by atomic mass is 32.2. The van der Waals surface area contributed by atoms with Crippen LogP contribution >= 0.6 is 11.3 Å². The zero-order valence-electron chi connectivity index (χ0n) is 12.3. The monoisotopic (exact) mass is 318 g/mol. The molecule has 20 heavy (non-hydrogen) atoms. The number of hydrogen-bond donors (Lipinski definition) is 1. The van der Waals surface area contributed by atoms with Gasteiger partial charge in [-0.15, -0.1) is 11.3 Å². The highest BCUT2D eigenvalue weighted by Crippen LogP contribution is 2.30. The van der Waals surface area contributed by atoms with E-state index in [1.165, 1.54) is 11.3 Å². The van der Waals surface area contributed by atoms with E-state index in [-0.39, 0.29) is 12.2 Å². The van der Waals surface area contributed by atoms with Gasteiger partial charge in [-0.1, -0.05) is 0 Å². The number of rotatable bonds is 4. The lowest BCUT2D eigenvalue weighted by molar-refractivity contribution is -0.0440. The van der Waals surface area contributed by atoms with Crippen molar-refractivity contribution in [1.82, 2.24) is 9.62 Å². The van der Waals surface area contributed by atoms with E-state index in [0.717, 1.165) is 10.4 Å². The average Bonchev–Trinajstić information content (AvgIpc) is 2.71. The van der Waals surface area contributed by atoms with E-state index in [0.29, 0.717) is 23.8 Å². The van der Waals surface area contributed by atoms with Crippen LogP contribution in [0.1, 0.15) is 24.3 Å². The van der Waals surface area contributed by atoms with Crippen molar-refractivity contribution in [2.24, 2.45) is 0 Å². The van der Waals surface area contributed by atoms with Crippen LogP contribution < -0.4 is 5.32 Å². The predicted molar refractivity (Wildman–Crippen MR) is 80.6 cm³/mol. The van der Waals surface area contributed by atoms with Crippen LogP contribution in [-0.2, 0) is 21.3 Å². The fourth-order valence-corrected chi connectivity index (χ4v) is 5.75. The fourth-order valence-electron chi connectivity index (χ4n) is 2.41. The molecule has 2 unspecified atom stereocenters. The molecule has 1 aliphatic heterocycles. The largest absolute Gasteiger partial charge is 0.373 e. The van der Waals surface area contributed by atoms with Crippen molar-refractivity contribution in [2.45, 2.75) is 43.7 Å². The van der Waals surface area contributed by atoms with E-state index in [2.05, 4.69) is 5.32 Å². The lowest BCUT2D eigenvalue weighted by atomic mass is 10.3. The van der Waals surface area contributed by atoms with Gasteiger partial charge in [0.25, 0.3) is 10.0 Å². The molecular weight excluding hydrogens is 296 g/mol. The second-order valence-electron chi connectivity index (χ2n) is 5.28. The zero-order chi connectivity index (χ0) is 14.9. The minimum absolute atomic E-state index is 0.0636. The van der Waals surface area contributed by atoms with E-state index in [4.69, 9.17) is 4.74 Å². The van der Waals surface area contributed by atoms with Gasteiger partial charge in [-0.3, -0.25) is 0 Å². The molecule has 7 heteroatoms. The highest BCUT2D eigenvalue weighted by Gasteiger charge is 2.33. The van der Waals surface area contributed by atoms with Gasteiger partial charge in [0, 0.05) is 24.5 Å². The van der Waals surface area contributed by atoms with Crippen LogP contribution in [0.3, 0.4) is 0 Å². The van der Waals surface area contributed by atoms with Crippen LogP contribution in [0.25, 0.3) is 0 Å². The van der Waals surface area contributed by atoms with Gasteiger partial charge in [0.2, 0.25) is 0 Å². The Hall–Kier alpha value is -0.470. The standard InChI is InChI=1S/C13H22N2O3S2/c1-9-5-13(19-12(9)6-14-4)20(16,17)15-7-10(2)18-11(3)8-15/h5,10-11,14H,6-8H2,1-4H3. The molecular formula is C13H22N2O3S2. The fraction of sp³-hybridized carbons (Fsp3) is 0.692. The number of hydrogen-bond acceptors (Lipinski definition) is 5. The average molecular weight is 318 g/mol. The van der Waals surface area contributed by atoms with Crippen molar-refractivity contribution in [3.05, 3.63) is 16.5 Å². The normalized spacial score (nSPS) is 25.0. The maximum absolute atomic E-state index is 12.7. The molecule has 1 aromatic heterocycles. The molecule has 0 radical (unpaired) electrons. The lowest BCUT2D eigenvalue weighted by Gasteiger charge is -2.34. The Bertz CT molecular complexity index is 558. The molecule has 1 aliphatic rings. The van der Waals surface area contributed by atoms with E-state index < -0.39 is 10.0 Å². The number of ether oxygens (including phenoxy) is 1. The summed E-state index contributed by atoms with van der Waals surface area (Å²) < 4.78 is 33.0. The van der Waals surface area contributed by atoms with Crippen LogP contribution in [0, 0.1) is 6.92 Å². The Morgan fingerprint density at radius 3 is 2.55 bits per heavy atom. The first-order valence-electron chi connectivity index (χ1n) is 6.74. The molecule has 114 valence electrons. The zero-order valence-corrected chi connectivity index (χ0v) is 14.0. The van der Waals surface area contributed by atoms with E-state index in [1.54, 1.807) is 10.4 Å². The first-order chi connectivity index (χ1) is 9.34. The number of nitrogens with one attached hydrogen (secondary N) is 1. The highest BCUT2D eigenvalue weighted by molar-refractivity contribution is 7.91. The Labute approximate surface area is 125 Å². The lowest BCUT2D eigenvalue weighted by Crippen LogP contribution is -2.47. The van der Waals surface area contributed by atoms with Gasteiger partial charge in [0.1, 0.15) is 4.21 Å². The van der Waals surface area contributed by atoms with Gasteiger partial charge < -0.3 is 10.1 Å². The molecule has 2 heterocycles. The minimum Gasteiger partial charge on any atom is -0.373 e. The van der Waals surface area contributed by atoms with Gasteiger partial charge in [0.15, 0.2) is 0 Å². The second kappa shape index (κ2) is 6.11. The summed E-state index contributed by atoms with van der Waals surface area (Å²) in [6.07, 6.45) is -0.127. The number of thiophene rings is 1. The Balaban J connectivity index is 2.27. The summed E-state index contributed by atoms with van der Waals surface area (Å²) in [6, 6.07) is 1.78. The van der Waals surface area contributed by atoms with Gasteiger partial charge >= 0.3 is 0 Å². The molecule has 0 amide bonds. The first kappa shape index (κ1) is 15.9. The maximum atomic E-state index is 12.7. The van der Waals surface area contributed by atoms with Gasteiger partial charge in [0.05, 0.1) is 12.2 Å². The van der Waals surface area contributed by atoms with E-state index in [9.17, 15) is 8.42 Å². The molecule has 0 saturated carbocycles. The van der Waals surface area contributed by atoms with Crippen molar-refractivity contribution >= 4 is 21.4 Å². The molecule has 1 N–H and O–H groups in total. The summed E-state index contributed by atoms with van der Waals surface area (Å²) in [5.74, 6) is 0. The molecule has 2 atom stereocenters. The second-order valence-corrected chi connectivity index (χ2v) is 8.58. The van der Waals surface area contributed by atoms with Gasteiger partial charge in [-0.05, 0) is 39.4 Å². The van der Waals surface area contributed by atoms with Crippen molar-refractivity contribution in [3.8, 4) is 0 Å². The van der Waals surface area contributed by atoms with Crippen LogP contribution in [0.5, 0.6) is 0 Å². The third kappa shape index (κ3) is 3.23. The molecule has 0 aromatic carbocycles. The van der Waals surface area contributed by atoms with Crippen molar-refractivity contribution in [2.75, 3.05) is 20.1 Å². The molecule has 0 bridgehead atoms. The van der Waals surface area contributed by atoms with Crippen LogP contribution in [0.15, 0.2) is 10.3 Å². The maximum Gasteiger partial charge on any atom is 0.252 e. The molecule has 0 spiro atoms. The summed E-state index contributed by atoms with van der Waals surface area (Å²) in [5.41, 5.74) is 1.03. The van der Waals surface area contributed by atoms with Crippen LogP contribution in [0.4, 0.5) is 0 Å². The van der Waals surface area contributed by atoms with Gasteiger partial charge in [-0.2, -0.15) is 4.31 Å². The Kier molecular flexibility index (Phi) is 4.86. The molecule has 5 nitrogen and oxygen atoms in total. The van der Waals surface area contributed by atoms with E-state index >= 15 is 0 Å².